The minimum Gasteiger partial charge on any atom is -0.490 e. The third kappa shape index (κ3) is 3.31. The second-order valence-corrected chi connectivity index (χ2v) is 6.04. The number of ether oxygens (including phenoxy) is 2. The first kappa shape index (κ1) is 14.2. The highest BCUT2D eigenvalue weighted by molar-refractivity contribution is 5.95. The summed E-state index contributed by atoms with van der Waals surface area (Å²) >= 11 is 0. The van der Waals surface area contributed by atoms with Crippen molar-refractivity contribution in [3.05, 3.63) is 23.8 Å². The molecular formula is C17H23NO3. The molecule has 1 aromatic carbocycles. The van der Waals surface area contributed by atoms with Crippen LogP contribution in [0.15, 0.2) is 18.2 Å². The molecule has 0 aromatic heterocycles. The molecule has 0 N–H and O–H groups in total. The Labute approximate surface area is 126 Å². The number of likely N-dealkylation sites (tertiary alicyclic amines) is 1. The molecule has 1 fully saturated rings. The Hall–Kier alpha value is -1.71. The summed E-state index contributed by atoms with van der Waals surface area (Å²) in [6.07, 6.45) is 4.28. The van der Waals surface area contributed by atoms with Gasteiger partial charge in [-0.2, -0.15) is 0 Å². The smallest absolute Gasteiger partial charge is 0.253 e. The van der Waals surface area contributed by atoms with Crippen molar-refractivity contribution in [1.29, 1.82) is 0 Å². The molecule has 4 nitrogen and oxygen atoms in total. The van der Waals surface area contributed by atoms with Gasteiger partial charge in [-0.3, -0.25) is 4.79 Å². The Morgan fingerprint density at radius 3 is 2.76 bits per heavy atom. The molecule has 0 radical (unpaired) electrons. The van der Waals surface area contributed by atoms with Crippen LogP contribution >= 0.6 is 0 Å². The van der Waals surface area contributed by atoms with Gasteiger partial charge in [0.05, 0.1) is 13.2 Å². The number of nitrogens with zero attached hydrogens (tertiary/aromatic N) is 1. The molecule has 2 heterocycles. The molecular weight excluding hydrogens is 266 g/mol. The predicted octanol–water partition coefficient (Wildman–Crippen LogP) is 3.11. The quantitative estimate of drug-likeness (QED) is 0.797. The highest BCUT2D eigenvalue weighted by atomic mass is 16.5. The lowest BCUT2D eigenvalue weighted by atomic mass is 10.0. The van der Waals surface area contributed by atoms with Gasteiger partial charge in [-0.05, 0) is 43.4 Å². The summed E-state index contributed by atoms with van der Waals surface area (Å²) in [7, 11) is 0. The van der Waals surface area contributed by atoms with Crippen LogP contribution in [-0.4, -0.2) is 37.1 Å². The maximum Gasteiger partial charge on any atom is 0.253 e. The molecule has 1 unspecified atom stereocenters. The van der Waals surface area contributed by atoms with E-state index in [1.807, 2.05) is 23.1 Å². The monoisotopic (exact) mass is 289 g/mol. The molecule has 0 aliphatic carbocycles. The molecule has 1 aromatic rings. The Morgan fingerprint density at radius 1 is 1.10 bits per heavy atom. The number of benzene rings is 1. The van der Waals surface area contributed by atoms with Gasteiger partial charge in [-0.15, -0.1) is 0 Å². The lowest BCUT2D eigenvalue weighted by Gasteiger charge is -2.21. The van der Waals surface area contributed by atoms with Gasteiger partial charge in [0.2, 0.25) is 0 Å². The molecule has 21 heavy (non-hydrogen) atoms. The van der Waals surface area contributed by atoms with Gasteiger partial charge >= 0.3 is 0 Å². The minimum absolute atomic E-state index is 0.111. The maximum absolute atomic E-state index is 12.7. The zero-order valence-corrected chi connectivity index (χ0v) is 12.6. The summed E-state index contributed by atoms with van der Waals surface area (Å²) in [4.78, 5) is 14.6. The number of hydrogen-bond acceptors (Lipinski definition) is 3. The van der Waals surface area contributed by atoms with Gasteiger partial charge in [-0.25, -0.2) is 0 Å². The maximum atomic E-state index is 12.7. The predicted molar refractivity (Wildman–Crippen MR) is 81.0 cm³/mol. The van der Waals surface area contributed by atoms with Crippen LogP contribution in [0.2, 0.25) is 0 Å². The zero-order chi connectivity index (χ0) is 14.7. The molecule has 1 atom stereocenters. The summed E-state index contributed by atoms with van der Waals surface area (Å²) in [6, 6.07) is 5.54. The van der Waals surface area contributed by atoms with Gasteiger partial charge < -0.3 is 14.4 Å². The van der Waals surface area contributed by atoms with Crippen molar-refractivity contribution in [2.45, 2.75) is 32.6 Å². The number of carbonyl (C=O) groups excluding carboxylic acids is 1. The molecule has 1 saturated heterocycles. The lowest BCUT2D eigenvalue weighted by molar-refractivity contribution is 0.0760. The average Bonchev–Trinajstić information content (AvgIpc) is 2.85. The first-order valence-electron chi connectivity index (χ1n) is 7.93. The van der Waals surface area contributed by atoms with Crippen LogP contribution < -0.4 is 9.47 Å². The average molecular weight is 289 g/mol. The van der Waals surface area contributed by atoms with Crippen molar-refractivity contribution in [2.24, 2.45) is 5.92 Å². The number of amides is 1. The van der Waals surface area contributed by atoms with Crippen molar-refractivity contribution in [3.63, 3.8) is 0 Å². The van der Waals surface area contributed by atoms with E-state index in [4.69, 9.17) is 9.47 Å². The number of hydrogen-bond donors (Lipinski definition) is 0. The summed E-state index contributed by atoms with van der Waals surface area (Å²) < 4.78 is 11.3. The summed E-state index contributed by atoms with van der Waals surface area (Å²) in [5.74, 6) is 2.27. The van der Waals surface area contributed by atoms with E-state index in [9.17, 15) is 4.79 Å². The summed E-state index contributed by atoms with van der Waals surface area (Å²) in [6.45, 7) is 5.30. The van der Waals surface area contributed by atoms with Crippen LogP contribution in [0.4, 0.5) is 0 Å². The Bertz CT molecular complexity index is 515. The number of carbonyl (C=O) groups is 1. The topological polar surface area (TPSA) is 38.8 Å². The molecule has 2 aliphatic rings. The fourth-order valence-corrected chi connectivity index (χ4v) is 2.94. The van der Waals surface area contributed by atoms with Crippen LogP contribution in [0.1, 0.15) is 43.0 Å². The largest absolute Gasteiger partial charge is 0.490 e. The van der Waals surface area contributed by atoms with Crippen LogP contribution in [0.5, 0.6) is 11.5 Å². The second-order valence-electron chi connectivity index (χ2n) is 6.04. The first-order chi connectivity index (χ1) is 10.2. The van der Waals surface area contributed by atoms with Crippen molar-refractivity contribution >= 4 is 5.91 Å². The normalized spacial score (nSPS) is 22.3. The molecule has 0 saturated carbocycles. The molecule has 0 bridgehead atoms. The number of rotatable bonds is 1. The Kier molecular flexibility index (Phi) is 4.32. The summed E-state index contributed by atoms with van der Waals surface area (Å²) in [5, 5.41) is 0. The SMILES string of the molecule is CC1CCCN(C(=O)c2ccc3c(c2)OCCCO3)CC1. The third-order valence-electron chi connectivity index (χ3n) is 4.30. The van der Waals surface area contributed by atoms with Crippen LogP contribution in [0, 0.1) is 5.92 Å². The van der Waals surface area contributed by atoms with Crippen LogP contribution in [0.3, 0.4) is 0 Å². The fourth-order valence-electron chi connectivity index (χ4n) is 2.94. The first-order valence-corrected chi connectivity index (χ1v) is 7.93. The van der Waals surface area contributed by atoms with E-state index in [2.05, 4.69) is 6.92 Å². The Balaban J connectivity index is 1.76. The van der Waals surface area contributed by atoms with Crippen LogP contribution in [-0.2, 0) is 0 Å². The van der Waals surface area contributed by atoms with Gasteiger partial charge in [0, 0.05) is 25.1 Å². The molecule has 0 spiro atoms. The highest BCUT2D eigenvalue weighted by Gasteiger charge is 2.21. The van der Waals surface area contributed by atoms with E-state index in [-0.39, 0.29) is 5.91 Å². The minimum atomic E-state index is 0.111. The van der Waals surface area contributed by atoms with Gasteiger partial charge in [0.15, 0.2) is 11.5 Å². The van der Waals surface area contributed by atoms with E-state index in [0.29, 0.717) is 30.4 Å². The van der Waals surface area contributed by atoms with E-state index in [0.717, 1.165) is 38.1 Å². The highest BCUT2D eigenvalue weighted by Crippen LogP contribution is 2.31. The summed E-state index contributed by atoms with van der Waals surface area (Å²) in [5.41, 5.74) is 0.703. The van der Waals surface area contributed by atoms with Gasteiger partial charge in [0.25, 0.3) is 5.91 Å². The van der Waals surface area contributed by atoms with E-state index in [1.165, 1.54) is 6.42 Å². The molecule has 3 rings (SSSR count). The second kappa shape index (κ2) is 6.37. The fraction of sp³-hybridized carbons (Fsp3) is 0.588. The molecule has 1 amide bonds. The molecule has 114 valence electrons. The van der Waals surface area contributed by atoms with Crippen molar-refractivity contribution in [3.8, 4) is 11.5 Å². The van der Waals surface area contributed by atoms with Crippen molar-refractivity contribution in [1.82, 2.24) is 4.90 Å². The van der Waals surface area contributed by atoms with Crippen LogP contribution in [0.25, 0.3) is 0 Å². The van der Waals surface area contributed by atoms with E-state index >= 15 is 0 Å². The third-order valence-corrected chi connectivity index (χ3v) is 4.30. The molecule has 2 aliphatic heterocycles. The molecule has 4 heteroatoms. The van der Waals surface area contributed by atoms with E-state index < -0.39 is 0 Å². The van der Waals surface area contributed by atoms with Gasteiger partial charge in [0.1, 0.15) is 0 Å². The lowest BCUT2D eigenvalue weighted by Crippen LogP contribution is -2.32. The van der Waals surface area contributed by atoms with Gasteiger partial charge in [-0.1, -0.05) is 6.92 Å². The van der Waals surface area contributed by atoms with Crippen molar-refractivity contribution in [2.75, 3.05) is 26.3 Å². The van der Waals surface area contributed by atoms with E-state index in [1.54, 1.807) is 0 Å². The zero-order valence-electron chi connectivity index (χ0n) is 12.6. The van der Waals surface area contributed by atoms with Crippen molar-refractivity contribution < 1.29 is 14.3 Å². The number of fused-ring (bicyclic) bond motifs is 1. The Morgan fingerprint density at radius 2 is 1.90 bits per heavy atom. The standard InChI is InChI=1S/C17H23NO3/c1-13-4-2-8-18(9-7-13)17(19)14-5-6-15-16(12-14)21-11-3-10-20-15/h5-6,12-13H,2-4,7-11H2,1H3.